The predicted octanol–water partition coefficient (Wildman–Crippen LogP) is 2.62. The van der Waals surface area contributed by atoms with Gasteiger partial charge in [0.05, 0.1) is 11.6 Å². The van der Waals surface area contributed by atoms with E-state index in [1.807, 2.05) is 48.5 Å². The van der Waals surface area contributed by atoms with Gasteiger partial charge < -0.3 is 26.2 Å². The highest BCUT2D eigenvalue weighted by Gasteiger charge is 2.28. The third-order valence-electron chi connectivity index (χ3n) is 6.77. The van der Waals surface area contributed by atoms with Crippen molar-refractivity contribution in [3.05, 3.63) is 102 Å². The summed E-state index contributed by atoms with van der Waals surface area (Å²) >= 11 is 0. The Morgan fingerprint density at radius 1 is 0.651 bits per heavy atom. The lowest BCUT2D eigenvalue weighted by Crippen LogP contribution is -2.56. The van der Waals surface area contributed by atoms with Gasteiger partial charge in [-0.3, -0.25) is 24.5 Å². The molecule has 3 amide bonds. The molecule has 11 heteroatoms. The molecule has 3 rings (SSSR count). The smallest absolute Gasteiger partial charge is 0.335 e. The summed E-state index contributed by atoms with van der Waals surface area (Å²) in [7, 11) is 0. The molecule has 43 heavy (non-hydrogen) atoms. The average molecular weight is 589 g/mol. The van der Waals surface area contributed by atoms with E-state index < -0.39 is 53.8 Å². The second-order valence-corrected chi connectivity index (χ2v) is 10.2. The maximum absolute atomic E-state index is 13.2. The molecule has 6 N–H and O–H groups in total. The second-order valence-electron chi connectivity index (χ2n) is 10.2. The Morgan fingerprint density at radius 3 is 1.77 bits per heavy atom. The summed E-state index contributed by atoms with van der Waals surface area (Å²) in [4.78, 5) is 62.0. The van der Waals surface area contributed by atoms with Crippen LogP contribution in [0.25, 0.3) is 0 Å². The van der Waals surface area contributed by atoms with E-state index >= 15 is 0 Å². The molecule has 0 bridgehead atoms. The molecule has 0 aliphatic rings. The van der Waals surface area contributed by atoms with E-state index in [1.165, 1.54) is 38.1 Å². The third kappa shape index (κ3) is 10.4. The van der Waals surface area contributed by atoms with Crippen LogP contribution in [0.3, 0.4) is 0 Å². The lowest BCUT2D eigenvalue weighted by atomic mass is 10.0. The van der Waals surface area contributed by atoms with E-state index in [1.54, 1.807) is 12.1 Å². The fraction of sp³-hybridized carbons (Fsp3) is 0.281. The largest absolute Gasteiger partial charge is 0.480 e. The van der Waals surface area contributed by atoms with Crippen LogP contribution in [0.2, 0.25) is 0 Å². The number of carboxylic acid groups (broad SMARTS) is 2. The Kier molecular flexibility index (Phi) is 12.0. The first-order chi connectivity index (χ1) is 20.5. The first-order valence-electron chi connectivity index (χ1n) is 13.8. The molecule has 11 nitrogen and oxygen atoms in total. The third-order valence-corrected chi connectivity index (χ3v) is 6.77. The summed E-state index contributed by atoms with van der Waals surface area (Å²) in [5.74, 6) is -3.91. The fourth-order valence-electron chi connectivity index (χ4n) is 4.30. The number of rotatable bonds is 15. The van der Waals surface area contributed by atoms with Crippen LogP contribution >= 0.6 is 0 Å². The van der Waals surface area contributed by atoms with Crippen LogP contribution in [-0.2, 0) is 32.0 Å². The molecular weight excluding hydrogens is 552 g/mol. The molecule has 0 aromatic heterocycles. The predicted molar refractivity (Wildman–Crippen MR) is 160 cm³/mol. The number of carbonyl (C=O) groups excluding carboxylic acids is 3. The minimum absolute atomic E-state index is 0.0614. The number of aromatic carboxylic acids is 1. The van der Waals surface area contributed by atoms with Crippen molar-refractivity contribution in [3.63, 3.8) is 0 Å². The molecule has 0 saturated carbocycles. The van der Waals surface area contributed by atoms with E-state index in [0.717, 1.165) is 11.1 Å². The van der Waals surface area contributed by atoms with Gasteiger partial charge in [-0.1, -0.05) is 60.7 Å². The van der Waals surface area contributed by atoms with E-state index in [9.17, 15) is 29.1 Å². The maximum Gasteiger partial charge on any atom is 0.335 e. The summed E-state index contributed by atoms with van der Waals surface area (Å²) in [5, 5.41) is 29.5. The number of nitrogens with one attached hydrogen (secondary N) is 4. The monoisotopic (exact) mass is 588 g/mol. The van der Waals surface area contributed by atoms with Crippen LogP contribution in [-0.4, -0.2) is 64.0 Å². The quantitative estimate of drug-likeness (QED) is 0.157. The van der Waals surface area contributed by atoms with Crippen LogP contribution in [0.15, 0.2) is 84.9 Å². The van der Waals surface area contributed by atoms with Crippen molar-refractivity contribution in [1.82, 2.24) is 16.0 Å². The standard InChI is InChI=1S/C32H36N4O7/c1-20(33-26(32(42)43)18-13-22-9-5-3-6-10-22)28(37)34-21(2)29(38)36-27(19-23-11-7-4-8-12-23)30(39)35-25-16-14-24(15-17-25)31(40)41/h3-12,14-17,20-21,26-27,33H,13,18-19H2,1-2H3,(H,34,37)(H,35,39)(H,36,38)(H,40,41)(H,42,43)/t20-,21-,26+,27-/m0/s1. The molecule has 0 spiro atoms. The summed E-state index contributed by atoms with van der Waals surface area (Å²) in [6, 6.07) is 20.1. The van der Waals surface area contributed by atoms with Crippen LogP contribution in [0.5, 0.6) is 0 Å². The van der Waals surface area contributed by atoms with Gasteiger partial charge in [-0.2, -0.15) is 0 Å². The van der Waals surface area contributed by atoms with Crippen molar-refractivity contribution >= 4 is 35.3 Å². The van der Waals surface area contributed by atoms with E-state index in [2.05, 4.69) is 21.3 Å². The van der Waals surface area contributed by atoms with Crippen LogP contribution in [0, 0.1) is 0 Å². The van der Waals surface area contributed by atoms with Gasteiger partial charge in [0, 0.05) is 12.1 Å². The van der Waals surface area contributed by atoms with Crippen molar-refractivity contribution in [2.75, 3.05) is 5.32 Å². The van der Waals surface area contributed by atoms with Gasteiger partial charge in [-0.05, 0) is 62.1 Å². The summed E-state index contributed by atoms with van der Waals surface area (Å²) in [6.07, 6.45) is 0.931. The summed E-state index contributed by atoms with van der Waals surface area (Å²) in [6.45, 7) is 2.98. The highest BCUT2D eigenvalue weighted by atomic mass is 16.4. The van der Waals surface area contributed by atoms with E-state index in [4.69, 9.17) is 5.11 Å². The average Bonchev–Trinajstić information content (AvgIpc) is 2.99. The number of aliphatic carboxylic acids is 1. The molecule has 3 aromatic carbocycles. The van der Waals surface area contributed by atoms with Crippen molar-refractivity contribution in [1.29, 1.82) is 0 Å². The Balaban J connectivity index is 1.61. The molecular formula is C32H36N4O7. The van der Waals surface area contributed by atoms with Crippen molar-refractivity contribution < 1.29 is 34.2 Å². The van der Waals surface area contributed by atoms with E-state index in [-0.39, 0.29) is 18.4 Å². The second kappa shape index (κ2) is 15.8. The fourth-order valence-corrected chi connectivity index (χ4v) is 4.30. The molecule has 0 aliphatic carbocycles. The molecule has 0 unspecified atom stereocenters. The molecule has 3 aromatic rings. The number of hydrogen-bond donors (Lipinski definition) is 6. The first-order valence-corrected chi connectivity index (χ1v) is 13.8. The number of carbonyl (C=O) groups is 5. The molecule has 0 saturated heterocycles. The highest BCUT2D eigenvalue weighted by molar-refractivity contribution is 5.99. The molecule has 0 heterocycles. The number of benzene rings is 3. The molecule has 226 valence electrons. The lowest BCUT2D eigenvalue weighted by Gasteiger charge is -2.24. The zero-order chi connectivity index (χ0) is 31.4. The number of carboxylic acids is 2. The maximum atomic E-state index is 13.2. The van der Waals surface area contributed by atoms with Gasteiger partial charge >= 0.3 is 11.9 Å². The van der Waals surface area contributed by atoms with Crippen LogP contribution < -0.4 is 21.3 Å². The Morgan fingerprint density at radius 2 is 1.21 bits per heavy atom. The number of aryl methyl sites for hydroxylation is 1. The van der Waals surface area contributed by atoms with Crippen molar-refractivity contribution in [2.24, 2.45) is 0 Å². The lowest BCUT2D eigenvalue weighted by molar-refractivity contribution is -0.140. The first kappa shape index (κ1) is 32.5. The molecule has 0 fully saturated rings. The van der Waals surface area contributed by atoms with Gasteiger partial charge in [0.15, 0.2) is 0 Å². The van der Waals surface area contributed by atoms with E-state index in [0.29, 0.717) is 12.1 Å². The van der Waals surface area contributed by atoms with Gasteiger partial charge in [0.2, 0.25) is 17.7 Å². The van der Waals surface area contributed by atoms with Crippen LogP contribution in [0.1, 0.15) is 41.8 Å². The molecule has 4 atom stereocenters. The molecule has 0 radical (unpaired) electrons. The van der Waals surface area contributed by atoms with Gasteiger partial charge in [0.25, 0.3) is 0 Å². The van der Waals surface area contributed by atoms with Gasteiger partial charge in [-0.15, -0.1) is 0 Å². The van der Waals surface area contributed by atoms with Gasteiger partial charge in [-0.25, -0.2) is 4.79 Å². The number of amides is 3. The Labute approximate surface area is 249 Å². The van der Waals surface area contributed by atoms with Gasteiger partial charge in [0.1, 0.15) is 18.1 Å². The number of anilines is 1. The Hall–Kier alpha value is -5.03. The minimum atomic E-state index is -1.10. The summed E-state index contributed by atoms with van der Waals surface area (Å²) in [5.41, 5.74) is 2.17. The van der Waals surface area contributed by atoms with Crippen LogP contribution in [0.4, 0.5) is 5.69 Å². The highest BCUT2D eigenvalue weighted by Crippen LogP contribution is 2.12. The molecule has 0 aliphatic heterocycles. The SMILES string of the molecule is C[C@H](NC(=O)[C@H](C)N[C@H](CCc1ccccc1)C(=O)O)C(=O)N[C@@H](Cc1ccccc1)C(=O)Nc1ccc(C(=O)O)cc1. The topological polar surface area (TPSA) is 174 Å². The Bertz CT molecular complexity index is 1400. The zero-order valence-electron chi connectivity index (χ0n) is 23.9. The van der Waals surface area contributed by atoms with Crippen molar-refractivity contribution in [2.45, 2.75) is 57.3 Å². The number of hydrogen-bond acceptors (Lipinski definition) is 6. The summed E-state index contributed by atoms with van der Waals surface area (Å²) < 4.78 is 0. The zero-order valence-corrected chi connectivity index (χ0v) is 23.9. The minimum Gasteiger partial charge on any atom is -0.480 e. The van der Waals surface area contributed by atoms with Crippen molar-refractivity contribution in [3.8, 4) is 0 Å². The normalized spacial score (nSPS) is 13.5.